The maximum atomic E-state index is 12.8. The zero-order valence-electron chi connectivity index (χ0n) is 14.7. The van der Waals surface area contributed by atoms with Gasteiger partial charge in [0.25, 0.3) is 5.91 Å². The summed E-state index contributed by atoms with van der Waals surface area (Å²) in [6, 6.07) is 2.43. The van der Waals surface area contributed by atoms with E-state index in [1.165, 1.54) is 12.1 Å². The van der Waals surface area contributed by atoms with E-state index in [-0.39, 0.29) is 32.5 Å². The van der Waals surface area contributed by atoms with Gasteiger partial charge in [0.05, 0.1) is 15.6 Å². The molecule has 1 aliphatic carbocycles. The van der Waals surface area contributed by atoms with Crippen molar-refractivity contribution >= 4 is 45.5 Å². The first-order valence-corrected chi connectivity index (χ1v) is 11.1. The number of carbonyl (C=O) groups is 2. The van der Waals surface area contributed by atoms with Crippen LogP contribution in [0.15, 0.2) is 17.0 Å². The van der Waals surface area contributed by atoms with Crippen LogP contribution in [0.1, 0.15) is 36.0 Å². The first-order chi connectivity index (χ1) is 12.8. The van der Waals surface area contributed by atoms with Gasteiger partial charge >= 0.3 is 0 Å². The zero-order chi connectivity index (χ0) is 19.6. The molecule has 1 aromatic rings. The smallest absolute Gasteiger partial charge is 0.255 e. The lowest BCUT2D eigenvalue weighted by atomic mass is 10.2. The molecule has 1 aliphatic heterocycles. The molecule has 3 rings (SSSR count). The number of hydrogen-bond acceptors (Lipinski definition) is 4. The number of piperazine rings is 1. The lowest BCUT2D eigenvalue weighted by Gasteiger charge is -2.32. The number of rotatable bonds is 5. The fraction of sp³-hybridized carbons (Fsp3) is 0.529. The van der Waals surface area contributed by atoms with Gasteiger partial charge in [-0.3, -0.25) is 9.59 Å². The van der Waals surface area contributed by atoms with Crippen LogP contribution in [0.4, 0.5) is 0 Å². The first-order valence-electron chi connectivity index (χ1n) is 8.82. The minimum atomic E-state index is -3.86. The monoisotopic (exact) mass is 433 g/mol. The van der Waals surface area contributed by atoms with Crippen LogP contribution < -0.4 is 4.72 Å². The quantitative estimate of drug-likeness (QED) is 0.720. The molecule has 0 aromatic heterocycles. The Kier molecular flexibility index (Phi) is 6.30. The van der Waals surface area contributed by atoms with Crippen molar-refractivity contribution in [3.05, 3.63) is 27.7 Å². The van der Waals surface area contributed by atoms with E-state index in [1.54, 1.807) is 9.80 Å². The SMILES string of the molecule is O=CN1CCN(C(=O)c2cc(S(=O)(=O)NC3CCCC3)c(Cl)cc2Cl)CC1. The first kappa shape index (κ1) is 20.4. The number of hydrogen-bond donors (Lipinski definition) is 1. The highest BCUT2D eigenvalue weighted by Gasteiger charge is 2.29. The third kappa shape index (κ3) is 4.56. The number of halogens is 2. The summed E-state index contributed by atoms with van der Waals surface area (Å²) < 4.78 is 28.2. The lowest BCUT2D eigenvalue weighted by Crippen LogP contribution is -2.48. The van der Waals surface area contributed by atoms with E-state index in [1.807, 2.05) is 0 Å². The third-order valence-electron chi connectivity index (χ3n) is 4.97. The molecular weight excluding hydrogens is 413 g/mol. The van der Waals surface area contributed by atoms with Crippen LogP contribution in [0.5, 0.6) is 0 Å². The molecule has 10 heteroatoms. The Bertz CT molecular complexity index is 833. The summed E-state index contributed by atoms with van der Waals surface area (Å²) in [6.07, 6.45) is 4.29. The molecule has 2 fully saturated rings. The molecule has 27 heavy (non-hydrogen) atoms. The normalized spacial score (nSPS) is 18.7. The molecule has 2 aliphatic rings. The Morgan fingerprint density at radius 3 is 2.30 bits per heavy atom. The van der Waals surface area contributed by atoms with Gasteiger partial charge < -0.3 is 9.80 Å². The third-order valence-corrected chi connectivity index (χ3v) is 7.27. The van der Waals surface area contributed by atoms with Crippen molar-refractivity contribution in [3.8, 4) is 0 Å². The van der Waals surface area contributed by atoms with E-state index in [9.17, 15) is 18.0 Å². The molecule has 0 spiro atoms. The van der Waals surface area contributed by atoms with Gasteiger partial charge in [-0.25, -0.2) is 13.1 Å². The number of benzene rings is 1. The Labute approximate surface area is 168 Å². The van der Waals surface area contributed by atoms with Crippen molar-refractivity contribution in [2.45, 2.75) is 36.6 Å². The molecule has 1 aromatic carbocycles. The number of nitrogens with zero attached hydrogens (tertiary/aromatic N) is 2. The second-order valence-electron chi connectivity index (χ2n) is 6.80. The van der Waals surface area contributed by atoms with Crippen LogP contribution >= 0.6 is 23.2 Å². The van der Waals surface area contributed by atoms with Crippen LogP contribution in [0.25, 0.3) is 0 Å². The van der Waals surface area contributed by atoms with Crippen LogP contribution in [-0.4, -0.2) is 62.8 Å². The number of nitrogens with one attached hydrogen (secondary N) is 1. The van der Waals surface area contributed by atoms with Gasteiger partial charge in [0.1, 0.15) is 4.90 Å². The Morgan fingerprint density at radius 1 is 1.07 bits per heavy atom. The van der Waals surface area contributed by atoms with E-state index >= 15 is 0 Å². The standard InChI is InChI=1S/C17H21Cl2N3O4S/c18-14-10-15(19)16(27(25,26)20-12-3-1-2-4-12)9-13(14)17(24)22-7-5-21(11-23)6-8-22/h9-12,20H,1-8H2. The molecular formula is C17H21Cl2N3O4S. The van der Waals surface area contributed by atoms with Crippen molar-refractivity contribution in [1.29, 1.82) is 0 Å². The Balaban J connectivity index is 1.85. The molecule has 1 saturated heterocycles. The van der Waals surface area contributed by atoms with Gasteiger partial charge in [-0.2, -0.15) is 0 Å². The van der Waals surface area contributed by atoms with E-state index in [0.29, 0.717) is 26.2 Å². The molecule has 0 radical (unpaired) electrons. The van der Waals surface area contributed by atoms with Crippen molar-refractivity contribution in [1.82, 2.24) is 14.5 Å². The Morgan fingerprint density at radius 2 is 1.70 bits per heavy atom. The summed E-state index contributed by atoms with van der Waals surface area (Å²) in [5, 5.41) is 0.0791. The van der Waals surface area contributed by atoms with Gasteiger partial charge in [-0.15, -0.1) is 0 Å². The summed E-state index contributed by atoms with van der Waals surface area (Å²) in [5.41, 5.74) is 0.0902. The summed E-state index contributed by atoms with van der Waals surface area (Å²) >= 11 is 12.3. The van der Waals surface area contributed by atoms with Gasteiger partial charge in [0, 0.05) is 32.2 Å². The molecule has 2 amide bonds. The van der Waals surface area contributed by atoms with Crippen LogP contribution in [-0.2, 0) is 14.8 Å². The summed E-state index contributed by atoms with van der Waals surface area (Å²) in [4.78, 5) is 26.6. The second-order valence-corrected chi connectivity index (χ2v) is 9.30. The molecule has 7 nitrogen and oxygen atoms in total. The number of carbonyl (C=O) groups excluding carboxylic acids is 2. The van der Waals surface area contributed by atoms with Crippen LogP contribution in [0, 0.1) is 0 Å². The van der Waals surface area contributed by atoms with E-state index in [4.69, 9.17) is 23.2 Å². The van der Waals surface area contributed by atoms with E-state index < -0.39 is 10.0 Å². The van der Waals surface area contributed by atoms with Crippen molar-refractivity contribution < 1.29 is 18.0 Å². The highest BCUT2D eigenvalue weighted by Crippen LogP contribution is 2.31. The van der Waals surface area contributed by atoms with Gasteiger partial charge in [-0.1, -0.05) is 36.0 Å². The van der Waals surface area contributed by atoms with Gasteiger partial charge in [-0.05, 0) is 25.0 Å². The predicted molar refractivity (Wildman–Crippen MR) is 103 cm³/mol. The molecule has 0 atom stereocenters. The lowest BCUT2D eigenvalue weighted by molar-refractivity contribution is -0.119. The summed E-state index contributed by atoms with van der Waals surface area (Å²) in [5.74, 6) is -0.375. The molecule has 1 N–H and O–H groups in total. The minimum absolute atomic E-state index is 0.0205. The average molecular weight is 434 g/mol. The number of amides is 2. The predicted octanol–water partition coefficient (Wildman–Crippen LogP) is 2.13. The minimum Gasteiger partial charge on any atom is -0.342 e. The maximum Gasteiger partial charge on any atom is 0.255 e. The summed E-state index contributed by atoms with van der Waals surface area (Å²) in [7, 11) is -3.86. The number of sulfonamides is 1. The summed E-state index contributed by atoms with van der Waals surface area (Å²) in [6.45, 7) is 1.57. The maximum absolute atomic E-state index is 12.8. The van der Waals surface area contributed by atoms with Crippen LogP contribution in [0.3, 0.4) is 0 Å². The topological polar surface area (TPSA) is 86.8 Å². The Hall–Kier alpha value is -1.35. The highest BCUT2D eigenvalue weighted by molar-refractivity contribution is 7.89. The van der Waals surface area contributed by atoms with Gasteiger partial charge in [0.2, 0.25) is 16.4 Å². The molecule has 0 unspecified atom stereocenters. The second kappa shape index (κ2) is 8.34. The fourth-order valence-corrected chi connectivity index (χ4v) is 5.59. The van der Waals surface area contributed by atoms with Crippen LogP contribution in [0.2, 0.25) is 10.0 Å². The molecule has 148 valence electrons. The van der Waals surface area contributed by atoms with Crippen molar-refractivity contribution in [2.75, 3.05) is 26.2 Å². The zero-order valence-corrected chi connectivity index (χ0v) is 17.0. The van der Waals surface area contributed by atoms with Crippen molar-refractivity contribution in [3.63, 3.8) is 0 Å². The van der Waals surface area contributed by atoms with E-state index in [0.717, 1.165) is 32.1 Å². The molecule has 0 bridgehead atoms. The van der Waals surface area contributed by atoms with Gasteiger partial charge in [0.15, 0.2) is 0 Å². The highest BCUT2D eigenvalue weighted by atomic mass is 35.5. The molecule has 1 saturated carbocycles. The molecule has 1 heterocycles. The van der Waals surface area contributed by atoms with E-state index in [2.05, 4.69) is 4.72 Å². The largest absolute Gasteiger partial charge is 0.342 e. The van der Waals surface area contributed by atoms with Crippen molar-refractivity contribution in [2.24, 2.45) is 0 Å². The average Bonchev–Trinajstić information content (AvgIpc) is 3.13. The fourth-order valence-electron chi connectivity index (χ4n) is 3.43.